The Morgan fingerprint density at radius 2 is 1.90 bits per heavy atom. The van der Waals surface area contributed by atoms with E-state index in [1.807, 2.05) is 0 Å². The van der Waals surface area contributed by atoms with Crippen LogP contribution < -0.4 is 0 Å². The summed E-state index contributed by atoms with van der Waals surface area (Å²) in [6, 6.07) is 0. The maximum Gasteiger partial charge on any atom is 0.158 e. The van der Waals surface area contributed by atoms with Gasteiger partial charge in [-0.1, -0.05) is 56.9 Å². The van der Waals surface area contributed by atoms with Gasteiger partial charge in [0.15, 0.2) is 5.78 Å². The van der Waals surface area contributed by atoms with E-state index in [-0.39, 0.29) is 24.2 Å². The molecule has 0 aromatic rings. The molecule has 170 valence electrons. The Hall–Kier alpha value is -1.26. The van der Waals surface area contributed by atoms with E-state index < -0.39 is 5.60 Å². The molecule has 4 nitrogen and oxygen atoms in total. The smallest absolute Gasteiger partial charge is 0.158 e. The van der Waals surface area contributed by atoms with Crippen molar-refractivity contribution < 1.29 is 19.8 Å². The molecule has 0 aliphatic heterocycles. The van der Waals surface area contributed by atoms with Crippen molar-refractivity contribution in [2.75, 3.05) is 6.61 Å². The first-order valence-corrected chi connectivity index (χ1v) is 12.2. The largest absolute Gasteiger partial charge is 0.389 e. The molecule has 0 aromatic heterocycles. The second-order valence-electron chi connectivity index (χ2n) is 9.39. The molecule has 0 spiro atoms. The summed E-state index contributed by atoms with van der Waals surface area (Å²) in [4.78, 5) is 23.4. The minimum Gasteiger partial charge on any atom is -0.389 e. The molecule has 2 aliphatic carbocycles. The number of carbonyl (C=O) groups is 2. The summed E-state index contributed by atoms with van der Waals surface area (Å²) < 4.78 is 0. The molecule has 4 heteroatoms. The molecule has 2 saturated carbocycles. The molecule has 2 N–H and O–H groups in total. The summed E-state index contributed by atoms with van der Waals surface area (Å²) in [5.74, 6) is 1.03. The predicted molar refractivity (Wildman–Crippen MR) is 121 cm³/mol. The lowest BCUT2D eigenvalue weighted by Crippen LogP contribution is -2.30. The average Bonchev–Trinajstić information content (AvgIpc) is 3.54. The number of hydrogen-bond acceptors (Lipinski definition) is 4. The van der Waals surface area contributed by atoms with Crippen LogP contribution in [0.25, 0.3) is 0 Å². The summed E-state index contributed by atoms with van der Waals surface area (Å²) in [5, 5.41) is 19.9. The molecule has 2 rings (SSSR count). The predicted octanol–water partition coefficient (Wildman–Crippen LogP) is 5.32. The Kier molecular flexibility index (Phi) is 11.0. The minimum absolute atomic E-state index is 0.0511. The standard InChI is InChI=1S/C26H42O4/c1-2-3-4-9-18-26(30,22-15-16-22)19-10-11-21-14-17-25(29)24(21)13-8-6-5-7-12-23(28)20-27/h6,8,10-11,21-22,24,27,30H,2-5,7,9,12-20H2,1H3/t21-,24+,26?/m0/s1. The highest BCUT2D eigenvalue weighted by molar-refractivity contribution is 5.83. The second kappa shape index (κ2) is 13.2. The molecule has 0 amide bonds. The lowest BCUT2D eigenvalue weighted by Gasteiger charge is -2.27. The van der Waals surface area contributed by atoms with Gasteiger partial charge in [0.05, 0.1) is 5.60 Å². The molecule has 0 bridgehead atoms. The minimum atomic E-state index is -0.547. The van der Waals surface area contributed by atoms with E-state index in [9.17, 15) is 14.7 Å². The van der Waals surface area contributed by atoms with Crippen molar-refractivity contribution in [3.05, 3.63) is 24.3 Å². The van der Waals surface area contributed by atoms with Crippen LogP contribution in [0.15, 0.2) is 24.3 Å². The topological polar surface area (TPSA) is 74.6 Å². The number of ketones is 2. The van der Waals surface area contributed by atoms with E-state index in [1.54, 1.807) is 0 Å². The van der Waals surface area contributed by atoms with Gasteiger partial charge < -0.3 is 10.2 Å². The molecule has 30 heavy (non-hydrogen) atoms. The van der Waals surface area contributed by atoms with Crippen LogP contribution in [-0.2, 0) is 9.59 Å². The summed E-state index contributed by atoms with van der Waals surface area (Å²) in [6.07, 6.45) is 21.5. The van der Waals surface area contributed by atoms with Gasteiger partial charge >= 0.3 is 0 Å². The van der Waals surface area contributed by atoms with E-state index in [4.69, 9.17) is 5.11 Å². The Morgan fingerprint density at radius 3 is 2.60 bits per heavy atom. The zero-order chi connectivity index (χ0) is 21.8. The fourth-order valence-corrected chi connectivity index (χ4v) is 4.73. The monoisotopic (exact) mass is 418 g/mol. The molecular formula is C26H42O4. The van der Waals surface area contributed by atoms with Crippen molar-refractivity contribution in [1.82, 2.24) is 0 Å². The molecule has 0 aromatic carbocycles. The van der Waals surface area contributed by atoms with Gasteiger partial charge in [-0.3, -0.25) is 9.59 Å². The van der Waals surface area contributed by atoms with Gasteiger partial charge in [-0.2, -0.15) is 0 Å². The normalized spacial score (nSPS) is 24.2. The number of allylic oxidation sites excluding steroid dienone is 3. The van der Waals surface area contributed by atoms with Crippen molar-refractivity contribution in [3.63, 3.8) is 0 Å². The number of aliphatic hydroxyl groups is 2. The van der Waals surface area contributed by atoms with Gasteiger partial charge in [0, 0.05) is 18.8 Å². The highest BCUT2D eigenvalue weighted by Crippen LogP contribution is 2.45. The summed E-state index contributed by atoms with van der Waals surface area (Å²) in [6.45, 7) is 1.84. The van der Waals surface area contributed by atoms with E-state index in [2.05, 4.69) is 31.2 Å². The first kappa shape index (κ1) is 25.0. The Labute approximate surface area is 182 Å². The molecule has 0 heterocycles. The first-order valence-electron chi connectivity index (χ1n) is 12.2. The highest BCUT2D eigenvalue weighted by atomic mass is 16.3. The van der Waals surface area contributed by atoms with E-state index in [0.717, 1.165) is 57.8 Å². The van der Waals surface area contributed by atoms with Crippen molar-refractivity contribution in [1.29, 1.82) is 0 Å². The van der Waals surface area contributed by atoms with Crippen LogP contribution >= 0.6 is 0 Å². The average molecular weight is 419 g/mol. The lowest BCUT2D eigenvalue weighted by atomic mass is 9.86. The third kappa shape index (κ3) is 8.47. The van der Waals surface area contributed by atoms with Gasteiger partial charge in [0.2, 0.25) is 0 Å². The van der Waals surface area contributed by atoms with Gasteiger partial charge in [-0.25, -0.2) is 0 Å². The van der Waals surface area contributed by atoms with Gasteiger partial charge in [-0.05, 0) is 63.2 Å². The van der Waals surface area contributed by atoms with Crippen molar-refractivity contribution >= 4 is 11.6 Å². The van der Waals surface area contributed by atoms with E-state index >= 15 is 0 Å². The van der Waals surface area contributed by atoms with Crippen LogP contribution in [0.1, 0.15) is 96.8 Å². The third-order valence-electron chi connectivity index (χ3n) is 6.87. The fourth-order valence-electron chi connectivity index (χ4n) is 4.73. The molecule has 2 aliphatic rings. The lowest BCUT2D eigenvalue weighted by molar-refractivity contribution is -0.122. The first-order chi connectivity index (χ1) is 14.5. The van der Waals surface area contributed by atoms with Crippen LogP contribution in [0.2, 0.25) is 0 Å². The number of rotatable bonds is 16. The SMILES string of the molecule is CCCCCCC(O)(CC=C[C@H]1CCC(=O)[C@@H]1CC=CCCCC(=O)CO)C1CC1. The van der Waals surface area contributed by atoms with E-state index in [0.29, 0.717) is 24.5 Å². The van der Waals surface area contributed by atoms with Crippen molar-refractivity contribution in [2.24, 2.45) is 17.8 Å². The molecule has 0 saturated heterocycles. The molecule has 1 unspecified atom stereocenters. The van der Waals surface area contributed by atoms with Gasteiger partial charge in [0.1, 0.15) is 12.4 Å². The summed E-state index contributed by atoms with van der Waals surface area (Å²) in [5.41, 5.74) is -0.547. The van der Waals surface area contributed by atoms with Crippen molar-refractivity contribution in [2.45, 2.75) is 102 Å². The Morgan fingerprint density at radius 1 is 1.10 bits per heavy atom. The molecule has 3 atom stereocenters. The zero-order valence-corrected chi connectivity index (χ0v) is 18.9. The van der Waals surface area contributed by atoms with Crippen LogP contribution in [0.4, 0.5) is 0 Å². The van der Waals surface area contributed by atoms with Crippen LogP contribution in [-0.4, -0.2) is 34.0 Å². The third-order valence-corrected chi connectivity index (χ3v) is 6.87. The van der Waals surface area contributed by atoms with Gasteiger partial charge in [0.25, 0.3) is 0 Å². The molecular weight excluding hydrogens is 376 g/mol. The quantitative estimate of drug-likeness (QED) is 0.263. The second-order valence-corrected chi connectivity index (χ2v) is 9.39. The maximum atomic E-state index is 12.3. The zero-order valence-electron chi connectivity index (χ0n) is 18.9. The van der Waals surface area contributed by atoms with E-state index in [1.165, 1.54) is 19.3 Å². The van der Waals surface area contributed by atoms with Crippen molar-refractivity contribution in [3.8, 4) is 0 Å². The Bertz CT molecular complexity index is 590. The summed E-state index contributed by atoms with van der Waals surface area (Å²) in [7, 11) is 0. The highest BCUT2D eigenvalue weighted by Gasteiger charge is 2.42. The Balaban J connectivity index is 1.78. The van der Waals surface area contributed by atoms with Crippen LogP contribution in [0.3, 0.4) is 0 Å². The van der Waals surface area contributed by atoms with Gasteiger partial charge in [-0.15, -0.1) is 0 Å². The summed E-state index contributed by atoms with van der Waals surface area (Å²) >= 11 is 0. The number of carbonyl (C=O) groups excluding carboxylic acids is 2. The number of aliphatic hydroxyl groups excluding tert-OH is 1. The molecule has 2 fully saturated rings. The van der Waals surface area contributed by atoms with Crippen LogP contribution in [0.5, 0.6) is 0 Å². The number of unbranched alkanes of at least 4 members (excludes halogenated alkanes) is 4. The number of hydrogen-bond donors (Lipinski definition) is 2. The number of Topliss-reactive ketones (excluding diaryl/α,β-unsaturated/α-hetero) is 2. The fraction of sp³-hybridized carbons (Fsp3) is 0.769. The molecule has 0 radical (unpaired) electrons. The maximum absolute atomic E-state index is 12.3. The van der Waals surface area contributed by atoms with Crippen LogP contribution in [0, 0.1) is 17.8 Å².